The van der Waals surface area contributed by atoms with Gasteiger partial charge in [0.1, 0.15) is 5.67 Å². The Labute approximate surface area is 263 Å². The van der Waals surface area contributed by atoms with E-state index in [-0.39, 0.29) is 17.7 Å². The van der Waals surface area contributed by atoms with Crippen LogP contribution in [0.1, 0.15) is 87.5 Å². The summed E-state index contributed by atoms with van der Waals surface area (Å²) in [6, 6.07) is 0.638. The third-order valence-corrected chi connectivity index (χ3v) is 14.1. The fourth-order valence-electron chi connectivity index (χ4n) is 5.37. The first-order valence-electron chi connectivity index (χ1n) is 16.7. The second-order valence-electron chi connectivity index (χ2n) is 10.2. The molecule has 1 unspecified atom stereocenters. The SMILES string of the molecule is CCO[Si](CCCNC(=O)N(CC)CCCCCN(CC)C(=O)N1CCC1[Si](OCC)(OCC)OCC)(OCC)OCC. The van der Waals surface area contributed by atoms with Crippen molar-refractivity contribution >= 4 is 29.7 Å². The van der Waals surface area contributed by atoms with Crippen LogP contribution in [-0.2, 0) is 26.6 Å². The van der Waals surface area contributed by atoms with Crippen molar-refractivity contribution in [1.29, 1.82) is 0 Å². The Morgan fingerprint density at radius 3 is 1.60 bits per heavy atom. The molecule has 1 aliphatic heterocycles. The molecule has 0 aromatic heterocycles. The van der Waals surface area contributed by atoms with Gasteiger partial charge in [-0.3, -0.25) is 0 Å². The summed E-state index contributed by atoms with van der Waals surface area (Å²) in [7, 11) is -5.68. The van der Waals surface area contributed by atoms with Gasteiger partial charge in [0, 0.05) is 85.0 Å². The van der Waals surface area contributed by atoms with Crippen molar-refractivity contribution in [3.63, 3.8) is 0 Å². The van der Waals surface area contributed by atoms with Crippen molar-refractivity contribution in [2.75, 3.05) is 78.9 Å². The summed E-state index contributed by atoms with van der Waals surface area (Å²) >= 11 is 0. The Morgan fingerprint density at radius 1 is 0.698 bits per heavy atom. The lowest BCUT2D eigenvalue weighted by molar-refractivity contribution is 0.0120. The molecule has 0 radical (unpaired) electrons. The van der Waals surface area contributed by atoms with Crippen LogP contribution in [0.3, 0.4) is 0 Å². The number of nitrogens with one attached hydrogen (secondary N) is 1. The maximum atomic E-state index is 13.5. The number of carbonyl (C=O) groups excluding carboxylic acids is 2. The molecule has 1 heterocycles. The monoisotopic (exact) mass is 650 g/mol. The molecule has 43 heavy (non-hydrogen) atoms. The van der Waals surface area contributed by atoms with Crippen molar-refractivity contribution in [3.05, 3.63) is 0 Å². The smallest absolute Gasteiger partial charge is 0.374 e. The van der Waals surface area contributed by atoms with Crippen molar-refractivity contribution < 1.29 is 36.1 Å². The lowest BCUT2D eigenvalue weighted by Crippen LogP contribution is -2.71. The zero-order valence-electron chi connectivity index (χ0n) is 28.4. The molecule has 0 spiro atoms. The molecule has 1 fully saturated rings. The number of likely N-dealkylation sites (tertiary alicyclic amines) is 1. The fourth-order valence-corrected chi connectivity index (χ4v) is 11.1. The summed E-state index contributed by atoms with van der Waals surface area (Å²) in [5.74, 6) is 0. The highest BCUT2D eigenvalue weighted by molar-refractivity contribution is 6.63. The van der Waals surface area contributed by atoms with Crippen molar-refractivity contribution in [3.8, 4) is 0 Å². The van der Waals surface area contributed by atoms with E-state index in [1.165, 1.54) is 0 Å². The summed E-state index contributed by atoms with van der Waals surface area (Å²) in [5.41, 5.74) is -0.137. The molecule has 1 N–H and O–H groups in total. The number of rotatable bonds is 25. The van der Waals surface area contributed by atoms with Crippen molar-refractivity contribution in [2.24, 2.45) is 0 Å². The molecule has 0 aromatic carbocycles. The molecule has 4 amide bonds. The van der Waals surface area contributed by atoms with E-state index < -0.39 is 17.6 Å². The van der Waals surface area contributed by atoms with E-state index in [0.29, 0.717) is 85.0 Å². The summed E-state index contributed by atoms with van der Waals surface area (Å²) in [6.07, 6.45) is 4.25. The van der Waals surface area contributed by atoms with Crippen LogP contribution in [0.25, 0.3) is 0 Å². The lowest BCUT2D eigenvalue weighted by Gasteiger charge is -2.49. The Morgan fingerprint density at radius 2 is 1.19 bits per heavy atom. The van der Waals surface area contributed by atoms with Crippen LogP contribution in [0.15, 0.2) is 0 Å². The first kappa shape index (κ1) is 39.8. The van der Waals surface area contributed by atoms with E-state index in [0.717, 1.165) is 32.1 Å². The Bertz CT molecular complexity index is 736. The van der Waals surface area contributed by atoms with Gasteiger partial charge in [0.2, 0.25) is 0 Å². The summed E-state index contributed by atoms with van der Waals surface area (Å²) in [6.45, 7) is 22.6. The predicted octanol–water partition coefficient (Wildman–Crippen LogP) is 4.73. The highest BCUT2D eigenvalue weighted by Crippen LogP contribution is 2.31. The van der Waals surface area contributed by atoms with Gasteiger partial charge in [0.15, 0.2) is 0 Å². The topological polar surface area (TPSA) is 111 Å². The molecule has 0 aromatic rings. The van der Waals surface area contributed by atoms with Crippen LogP contribution < -0.4 is 5.32 Å². The average Bonchev–Trinajstić information content (AvgIpc) is 2.95. The van der Waals surface area contributed by atoms with Crippen molar-refractivity contribution in [1.82, 2.24) is 20.0 Å². The molecule has 14 heteroatoms. The second kappa shape index (κ2) is 22.3. The van der Waals surface area contributed by atoms with Gasteiger partial charge >= 0.3 is 29.7 Å². The van der Waals surface area contributed by atoms with Crippen LogP contribution in [0, 0.1) is 0 Å². The van der Waals surface area contributed by atoms with Crippen LogP contribution in [0.2, 0.25) is 6.04 Å². The van der Waals surface area contributed by atoms with E-state index >= 15 is 0 Å². The zero-order valence-corrected chi connectivity index (χ0v) is 30.4. The van der Waals surface area contributed by atoms with Crippen molar-refractivity contribution in [2.45, 2.75) is 99.2 Å². The van der Waals surface area contributed by atoms with E-state index in [4.69, 9.17) is 26.6 Å². The van der Waals surface area contributed by atoms with E-state index in [1.807, 2.05) is 70.1 Å². The Balaban J connectivity index is 2.51. The highest BCUT2D eigenvalue weighted by atomic mass is 28.4. The third kappa shape index (κ3) is 12.6. The maximum absolute atomic E-state index is 13.5. The molecule has 0 bridgehead atoms. The predicted molar refractivity (Wildman–Crippen MR) is 173 cm³/mol. The quantitative estimate of drug-likeness (QED) is 0.112. The minimum absolute atomic E-state index is 0.0226. The zero-order chi connectivity index (χ0) is 32.1. The minimum atomic E-state index is -2.98. The molecule has 12 nitrogen and oxygen atoms in total. The Kier molecular flexibility index (Phi) is 20.6. The van der Waals surface area contributed by atoms with E-state index in [1.54, 1.807) is 0 Å². The normalized spacial score (nSPS) is 15.3. The van der Waals surface area contributed by atoms with Gasteiger partial charge in [-0.1, -0.05) is 0 Å². The summed E-state index contributed by atoms with van der Waals surface area (Å²) < 4.78 is 35.9. The summed E-state index contributed by atoms with van der Waals surface area (Å²) in [4.78, 5) is 31.9. The second-order valence-corrected chi connectivity index (χ2v) is 15.7. The van der Waals surface area contributed by atoms with Crippen LogP contribution >= 0.6 is 0 Å². The molecule has 0 aliphatic carbocycles. The van der Waals surface area contributed by atoms with Gasteiger partial charge < -0.3 is 46.6 Å². The molecular weight excluding hydrogens is 589 g/mol. The minimum Gasteiger partial charge on any atom is -0.374 e. The van der Waals surface area contributed by atoms with Gasteiger partial charge in [-0.15, -0.1) is 0 Å². The van der Waals surface area contributed by atoms with Gasteiger partial charge in [0.05, 0.1) is 0 Å². The molecular formula is C29H62N4O8Si2. The lowest BCUT2D eigenvalue weighted by atomic mass is 10.2. The fraction of sp³-hybridized carbons (Fsp3) is 0.931. The van der Waals surface area contributed by atoms with Gasteiger partial charge in [-0.25, -0.2) is 9.59 Å². The first-order chi connectivity index (χ1) is 20.8. The first-order valence-corrected chi connectivity index (χ1v) is 20.4. The number of unbranched alkanes of at least 4 members (excludes halogenated alkanes) is 2. The van der Waals surface area contributed by atoms with Gasteiger partial charge in [-0.05, 0) is 87.5 Å². The van der Waals surface area contributed by atoms with Crippen LogP contribution in [-0.4, -0.2) is 129 Å². The number of urea groups is 2. The van der Waals surface area contributed by atoms with Gasteiger partial charge in [-0.2, -0.15) is 0 Å². The molecule has 254 valence electrons. The van der Waals surface area contributed by atoms with Crippen LogP contribution in [0.4, 0.5) is 9.59 Å². The maximum Gasteiger partial charge on any atom is 0.524 e. The molecule has 0 saturated carbocycles. The molecule has 1 saturated heterocycles. The van der Waals surface area contributed by atoms with Crippen LogP contribution in [0.5, 0.6) is 0 Å². The molecule has 1 rings (SSSR count). The number of hydrogen-bond donors (Lipinski definition) is 1. The number of nitrogens with zero attached hydrogens (tertiary/aromatic N) is 3. The number of carbonyl (C=O) groups is 2. The standard InChI is InChI=1S/C29H62N4O8Si2/c1-9-31(28(34)30-22-20-26-42(36-11-3,37-12-4)38-13-5)23-18-17-19-24-32(10-2)29(35)33-25-21-27(33)43(39-14-6,40-15-7)41-16-8/h27H,9-26H2,1-8H3,(H,30,34). The largest absolute Gasteiger partial charge is 0.524 e. The average molecular weight is 651 g/mol. The van der Waals surface area contributed by atoms with E-state index in [2.05, 4.69) is 5.32 Å². The number of hydrogen-bond acceptors (Lipinski definition) is 8. The van der Waals surface area contributed by atoms with Gasteiger partial charge in [0.25, 0.3) is 0 Å². The summed E-state index contributed by atoms with van der Waals surface area (Å²) in [5, 5.41) is 3.04. The Hall–Kier alpha value is -1.27. The third-order valence-electron chi connectivity index (χ3n) is 7.42. The molecule has 1 aliphatic rings. The molecule has 1 atom stereocenters. The highest BCUT2D eigenvalue weighted by Gasteiger charge is 2.57. The van der Waals surface area contributed by atoms with E-state index in [9.17, 15) is 9.59 Å². The number of amides is 4.